The topological polar surface area (TPSA) is 19.7 Å². The van der Waals surface area contributed by atoms with Gasteiger partial charge in [-0.25, -0.2) is 0 Å². The zero-order valence-electron chi connectivity index (χ0n) is 10.7. The molecule has 4 rings (SSSR count). The predicted octanol–water partition coefficient (Wildman–Crippen LogP) is 2.53. The minimum Gasteiger partial charge on any atom is -0.454 e. The first kappa shape index (κ1) is 12.4. The van der Waals surface area contributed by atoms with Crippen molar-refractivity contribution in [2.75, 3.05) is 0 Å². The van der Waals surface area contributed by atoms with Crippen molar-refractivity contribution in [3.8, 4) is 11.4 Å². The Bertz CT molecular complexity index is 746. The maximum absolute atomic E-state index is 2.18. The van der Waals surface area contributed by atoms with Crippen LogP contribution in [-0.2, 0) is 35.2 Å². The third kappa shape index (κ3) is 1.63. The molecule has 0 amide bonds. The molecule has 0 radical (unpaired) electrons. The first-order valence-corrected chi connectivity index (χ1v) is 6.00. The van der Waals surface area contributed by atoms with Crippen LogP contribution in [0, 0.1) is 0 Å². The van der Waals surface area contributed by atoms with Crippen molar-refractivity contribution in [3.05, 3.63) is 49.3 Å². The Hall–Kier alpha value is -1.67. The van der Waals surface area contributed by atoms with Crippen LogP contribution in [0.25, 0.3) is 22.1 Å². The fourth-order valence-corrected chi connectivity index (χ4v) is 2.70. The molecule has 0 fully saturated rings. The summed E-state index contributed by atoms with van der Waals surface area (Å²) < 4.78 is 8.53. The zero-order chi connectivity index (χ0) is 12.3. The van der Waals surface area contributed by atoms with E-state index in [1.54, 1.807) is 0 Å². The van der Waals surface area contributed by atoms with E-state index in [1.165, 1.54) is 22.1 Å². The third-order valence-corrected chi connectivity index (χ3v) is 3.44. The van der Waals surface area contributed by atoms with Gasteiger partial charge in [-0.2, -0.15) is 0 Å². The largest absolute Gasteiger partial charge is 2.00 e. The molecule has 3 heterocycles. The molecular formula is C14H14N4Pt. The van der Waals surface area contributed by atoms with Crippen LogP contribution in [0.4, 0.5) is 0 Å². The molecular weight excluding hydrogens is 419 g/mol. The van der Waals surface area contributed by atoms with Gasteiger partial charge in [0, 0.05) is 0 Å². The number of aromatic nitrogens is 4. The number of hydrogen-bond donors (Lipinski definition) is 0. The normalized spacial score (nSPS) is 11.3. The van der Waals surface area contributed by atoms with E-state index >= 15 is 0 Å². The summed E-state index contributed by atoms with van der Waals surface area (Å²) in [7, 11) is 4.11. The Balaban J connectivity index is 0.00000110. The number of benzene rings is 1. The molecule has 19 heavy (non-hydrogen) atoms. The van der Waals surface area contributed by atoms with E-state index in [0.29, 0.717) is 0 Å². The average Bonchev–Trinajstić information content (AvgIpc) is 2.92. The third-order valence-electron chi connectivity index (χ3n) is 3.44. The minimum atomic E-state index is 0. The van der Waals surface area contributed by atoms with Crippen LogP contribution in [0.3, 0.4) is 0 Å². The minimum absolute atomic E-state index is 0. The molecule has 0 spiro atoms. The summed E-state index contributed by atoms with van der Waals surface area (Å²) in [6.45, 7) is 0. The van der Waals surface area contributed by atoms with Gasteiger partial charge >= 0.3 is 21.1 Å². The van der Waals surface area contributed by atoms with Crippen molar-refractivity contribution in [1.82, 2.24) is 18.5 Å². The summed E-state index contributed by atoms with van der Waals surface area (Å²) in [6.07, 6.45) is 8.49. The quantitative estimate of drug-likeness (QED) is 0.380. The number of nitrogens with zero attached hydrogens (tertiary/aromatic N) is 4. The number of fused-ring (bicyclic) bond motifs is 6. The van der Waals surface area contributed by atoms with Gasteiger partial charge in [0.05, 0.1) is 0 Å². The van der Waals surface area contributed by atoms with Crippen LogP contribution in [0.5, 0.6) is 0 Å². The monoisotopic (exact) mass is 433 g/mol. The van der Waals surface area contributed by atoms with Crippen LogP contribution in [-0.4, -0.2) is 18.5 Å². The molecule has 0 aromatic heterocycles. The van der Waals surface area contributed by atoms with E-state index in [-0.39, 0.29) is 21.1 Å². The molecule has 0 atom stereocenters. The van der Waals surface area contributed by atoms with Crippen LogP contribution < -0.4 is 0 Å². The van der Waals surface area contributed by atoms with Gasteiger partial charge in [0.1, 0.15) is 0 Å². The van der Waals surface area contributed by atoms with Gasteiger partial charge in [0.2, 0.25) is 0 Å². The summed E-state index contributed by atoms with van der Waals surface area (Å²) >= 11 is 0. The van der Waals surface area contributed by atoms with Gasteiger partial charge in [0.15, 0.2) is 0 Å². The fourth-order valence-electron chi connectivity index (χ4n) is 2.70. The van der Waals surface area contributed by atoms with E-state index < -0.39 is 0 Å². The standard InChI is InChI=1S/C14H14N4.Pt/c1-15-7-13-11-5-3-4-6-12(11)14-8-16(2)10-18(14)17(13)9-15;/h3-10H,1-2H3;/q-2;+2. The SMILES string of the molecule is Cn1cc2c3ccccc3c3cn(C)[cH-]n-3n-2[cH-]1.[Pt+2]. The molecule has 0 saturated carbocycles. The molecule has 0 aliphatic carbocycles. The summed E-state index contributed by atoms with van der Waals surface area (Å²) in [5, 5.41) is 2.56. The van der Waals surface area contributed by atoms with Crippen molar-refractivity contribution in [3.63, 3.8) is 0 Å². The van der Waals surface area contributed by atoms with Gasteiger partial charge in [-0.3, -0.25) is 0 Å². The second-order valence-corrected chi connectivity index (χ2v) is 4.83. The van der Waals surface area contributed by atoms with Gasteiger partial charge in [-0.15, -0.1) is 12.4 Å². The smallest absolute Gasteiger partial charge is 0.454 e. The Labute approximate surface area is 125 Å². The Morgan fingerprint density at radius 3 is 1.63 bits per heavy atom. The summed E-state index contributed by atoms with van der Waals surface area (Å²) in [4.78, 5) is 0. The zero-order valence-corrected chi connectivity index (χ0v) is 13.0. The van der Waals surface area contributed by atoms with Crippen molar-refractivity contribution >= 4 is 10.8 Å². The first-order chi connectivity index (χ1) is 8.74. The summed E-state index contributed by atoms with van der Waals surface area (Å²) in [6, 6.07) is 8.54. The molecule has 100 valence electrons. The van der Waals surface area contributed by atoms with Gasteiger partial charge in [-0.05, 0) is 26.7 Å². The number of hydrogen-bond acceptors (Lipinski definition) is 0. The summed E-state index contributed by atoms with van der Waals surface area (Å²) in [5.41, 5.74) is 2.44. The fraction of sp³-hybridized carbons (Fsp3) is 0.143. The van der Waals surface area contributed by atoms with Crippen molar-refractivity contribution in [2.45, 2.75) is 0 Å². The maximum Gasteiger partial charge on any atom is 2.00 e. The number of rotatable bonds is 0. The van der Waals surface area contributed by atoms with Crippen molar-refractivity contribution in [2.24, 2.45) is 14.1 Å². The molecule has 1 aromatic carbocycles. The molecule has 5 heteroatoms. The second kappa shape index (κ2) is 4.17. The Morgan fingerprint density at radius 2 is 1.21 bits per heavy atom. The first-order valence-electron chi connectivity index (χ1n) is 6.00. The van der Waals surface area contributed by atoms with Crippen LogP contribution in [0.2, 0.25) is 0 Å². The molecule has 0 N–H and O–H groups in total. The molecule has 4 nitrogen and oxygen atoms in total. The number of imidazole rings is 2. The van der Waals surface area contributed by atoms with E-state index in [4.69, 9.17) is 0 Å². The average molecular weight is 433 g/mol. The Morgan fingerprint density at radius 1 is 0.789 bits per heavy atom. The molecule has 0 saturated heterocycles. The Kier molecular flexibility index (Phi) is 2.71. The molecule has 0 bridgehead atoms. The number of aryl methyl sites for hydroxylation is 2. The molecule has 3 aliphatic heterocycles. The molecule has 3 aliphatic rings. The molecule has 0 unspecified atom stereocenters. The van der Waals surface area contributed by atoms with Gasteiger partial charge in [-0.1, -0.05) is 46.4 Å². The predicted molar refractivity (Wildman–Crippen MR) is 71.7 cm³/mol. The van der Waals surface area contributed by atoms with E-state index in [2.05, 4.69) is 81.9 Å². The van der Waals surface area contributed by atoms with Crippen LogP contribution in [0.1, 0.15) is 0 Å². The van der Waals surface area contributed by atoms with Crippen LogP contribution >= 0.6 is 0 Å². The van der Waals surface area contributed by atoms with Gasteiger partial charge < -0.3 is 18.5 Å². The second-order valence-electron chi connectivity index (χ2n) is 4.83. The van der Waals surface area contributed by atoms with E-state index in [9.17, 15) is 0 Å². The van der Waals surface area contributed by atoms with Crippen LogP contribution in [0.15, 0.2) is 49.3 Å². The van der Waals surface area contributed by atoms with E-state index in [1.807, 2.05) is 0 Å². The van der Waals surface area contributed by atoms with Crippen molar-refractivity contribution < 1.29 is 21.1 Å². The summed E-state index contributed by atoms with van der Waals surface area (Å²) in [5.74, 6) is 0. The molecule has 1 aromatic rings. The van der Waals surface area contributed by atoms with Crippen molar-refractivity contribution in [1.29, 1.82) is 0 Å². The van der Waals surface area contributed by atoms with E-state index in [0.717, 1.165) is 0 Å². The van der Waals surface area contributed by atoms with Gasteiger partial charge in [0.25, 0.3) is 0 Å². The maximum atomic E-state index is 2.18.